The molecule has 0 unspecified atom stereocenters. The molecule has 0 aromatic rings. The van der Waals surface area contributed by atoms with E-state index in [2.05, 4.69) is 17.6 Å². The van der Waals surface area contributed by atoms with Crippen LogP contribution in [0.1, 0.15) is 73.6 Å². The number of rotatable bonds is 5. The van der Waals surface area contributed by atoms with Crippen molar-refractivity contribution in [3.8, 4) is 0 Å². The van der Waals surface area contributed by atoms with E-state index in [1.807, 2.05) is 13.8 Å². The van der Waals surface area contributed by atoms with Crippen molar-refractivity contribution < 1.29 is 19.5 Å². The molecule has 1 aliphatic carbocycles. The molecule has 1 saturated carbocycles. The first-order valence-electron chi connectivity index (χ1n) is 9.60. The predicted molar refractivity (Wildman–Crippen MR) is 107 cm³/mol. The molecular weight excluding hydrogens is 334 g/mol. The van der Waals surface area contributed by atoms with Crippen LogP contribution in [0.3, 0.4) is 0 Å². The summed E-state index contributed by atoms with van der Waals surface area (Å²) in [7, 11) is 0. The first-order chi connectivity index (χ1) is 12.2. The summed E-state index contributed by atoms with van der Waals surface area (Å²) in [5, 5.41) is 12.6. The van der Waals surface area contributed by atoms with E-state index < -0.39 is 11.8 Å². The zero-order chi connectivity index (χ0) is 21.0. The van der Waals surface area contributed by atoms with Crippen molar-refractivity contribution in [1.29, 1.82) is 0 Å². The molecule has 0 spiro atoms. The molecule has 26 heavy (non-hydrogen) atoms. The SMILES string of the molecule is CC.CC(=O)CNC(=O)CNC(=O)CN.CC(C)O.CC1CCCCC1. The van der Waals surface area contributed by atoms with Gasteiger partial charge in [0.15, 0.2) is 0 Å². The third kappa shape index (κ3) is 30.4. The molecule has 0 aliphatic heterocycles. The number of nitrogens with two attached hydrogens (primary N) is 1. The van der Waals surface area contributed by atoms with E-state index in [1.165, 1.54) is 39.0 Å². The van der Waals surface area contributed by atoms with Gasteiger partial charge in [-0.2, -0.15) is 0 Å². The van der Waals surface area contributed by atoms with Crippen molar-refractivity contribution in [2.75, 3.05) is 19.6 Å². The number of carbonyl (C=O) groups is 3. The average Bonchev–Trinajstić information content (AvgIpc) is 2.60. The molecule has 1 aliphatic rings. The zero-order valence-corrected chi connectivity index (χ0v) is 17.6. The number of aliphatic hydroxyl groups excluding tert-OH is 1. The Morgan fingerprint density at radius 2 is 1.42 bits per heavy atom. The number of Topliss-reactive ketones (excluding diaryl/α,β-unsaturated/α-hetero) is 1. The third-order valence-electron chi connectivity index (χ3n) is 3.06. The molecule has 1 rings (SSSR count). The monoisotopic (exact) mass is 375 g/mol. The summed E-state index contributed by atoms with van der Waals surface area (Å²) in [6.45, 7) is 10.8. The van der Waals surface area contributed by atoms with Gasteiger partial charge in [0.25, 0.3) is 0 Å². The van der Waals surface area contributed by atoms with E-state index in [0.29, 0.717) is 0 Å². The van der Waals surface area contributed by atoms with Gasteiger partial charge in [-0.1, -0.05) is 52.9 Å². The highest BCUT2D eigenvalue weighted by molar-refractivity contribution is 5.88. The van der Waals surface area contributed by atoms with Crippen LogP contribution in [0.15, 0.2) is 0 Å². The van der Waals surface area contributed by atoms with Gasteiger partial charge in [-0.05, 0) is 26.7 Å². The molecule has 156 valence electrons. The normalized spacial score (nSPS) is 13.0. The lowest BCUT2D eigenvalue weighted by atomic mass is 9.91. The number of aliphatic hydroxyl groups is 1. The minimum atomic E-state index is -0.406. The second-order valence-corrected chi connectivity index (χ2v) is 6.30. The highest BCUT2D eigenvalue weighted by atomic mass is 16.3. The van der Waals surface area contributed by atoms with Crippen LogP contribution < -0.4 is 16.4 Å². The fourth-order valence-electron chi connectivity index (χ4n) is 1.84. The van der Waals surface area contributed by atoms with Crippen LogP contribution in [-0.4, -0.2) is 48.4 Å². The quantitative estimate of drug-likeness (QED) is 0.583. The molecule has 5 N–H and O–H groups in total. The molecule has 0 atom stereocenters. The Labute approximate surface area is 159 Å². The molecule has 7 nitrogen and oxygen atoms in total. The van der Waals surface area contributed by atoms with Crippen LogP contribution in [0.25, 0.3) is 0 Å². The van der Waals surface area contributed by atoms with Crippen molar-refractivity contribution in [1.82, 2.24) is 10.6 Å². The lowest BCUT2D eigenvalue weighted by Gasteiger charge is -2.15. The standard InChI is InChI=1S/C7H13N3O3.C7H14.C3H8O.C2H6/c1-5(11)3-9-7(13)4-10-6(12)2-8;1-7-5-3-2-4-6-7;1-3(2)4;1-2/h2-4,8H2,1H3,(H,9,13)(H,10,12);7H,2-6H2,1H3;3-4H,1-2H3;1-2H3. The van der Waals surface area contributed by atoms with E-state index in [9.17, 15) is 14.4 Å². The average molecular weight is 376 g/mol. The van der Waals surface area contributed by atoms with Crippen molar-refractivity contribution >= 4 is 17.6 Å². The fraction of sp³-hybridized carbons (Fsp3) is 0.842. The zero-order valence-electron chi connectivity index (χ0n) is 17.6. The molecule has 0 aromatic heterocycles. The Kier molecular flexibility index (Phi) is 24.3. The molecule has 0 radical (unpaired) electrons. The number of ketones is 1. The lowest BCUT2D eigenvalue weighted by molar-refractivity contribution is -0.126. The molecular formula is C19H41N3O4. The van der Waals surface area contributed by atoms with Gasteiger partial charge in [-0.3, -0.25) is 14.4 Å². The largest absolute Gasteiger partial charge is 0.394 e. The number of nitrogens with one attached hydrogen (secondary N) is 2. The lowest BCUT2D eigenvalue weighted by Crippen LogP contribution is -2.40. The van der Waals surface area contributed by atoms with E-state index in [0.717, 1.165) is 5.92 Å². The Morgan fingerprint density at radius 3 is 1.73 bits per heavy atom. The van der Waals surface area contributed by atoms with E-state index in [4.69, 9.17) is 10.8 Å². The summed E-state index contributed by atoms with van der Waals surface area (Å²) in [6.07, 6.45) is 7.27. The summed E-state index contributed by atoms with van der Waals surface area (Å²) in [5.74, 6) is 0.0854. The summed E-state index contributed by atoms with van der Waals surface area (Å²) < 4.78 is 0. The molecule has 0 aromatic carbocycles. The number of hydrogen-bond acceptors (Lipinski definition) is 5. The van der Waals surface area contributed by atoms with Gasteiger partial charge in [0.2, 0.25) is 11.8 Å². The third-order valence-corrected chi connectivity index (χ3v) is 3.06. The second-order valence-electron chi connectivity index (χ2n) is 6.30. The number of amides is 2. The Bertz CT molecular complexity index is 352. The molecule has 0 bridgehead atoms. The van der Waals surface area contributed by atoms with Crippen molar-refractivity contribution in [3.63, 3.8) is 0 Å². The van der Waals surface area contributed by atoms with Crippen molar-refractivity contribution in [3.05, 3.63) is 0 Å². The molecule has 0 heterocycles. The predicted octanol–water partition coefficient (Wildman–Crippen LogP) is 1.77. The smallest absolute Gasteiger partial charge is 0.239 e. The highest BCUT2D eigenvalue weighted by Gasteiger charge is 2.06. The van der Waals surface area contributed by atoms with Crippen LogP contribution in [0.5, 0.6) is 0 Å². The van der Waals surface area contributed by atoms with E-state index in [1.54, 1.807) is 13.8 Å². The fourth-order valence-corrected chi connectivity index (χ4v) is 1.84. The van der Waals surface area contributed by atoms with Crippen molar-refractivity contribution in [2.24, 2.45) is 11.7 Å². The minimum absolute atomic E-state index is 0.0165. The topological polar surface area (TPSA) is 122 Å². The molecule has 0 saturated heterocycles. The first kappa shape index (κ1) is 29.3. The number of hydrogen-bond donors (Lipinski definition) is 4. The molecule has 1 fully saturated rings. The minimum Gasteiger partial charge on any atom is -0.394 e. The molecule has 7 heteroatoms. The summed E-state index contributed by atoms with van der Waals surface area (Å²) >= 11 is 0. The first-order valence-corrected chi connectivity index (χ1v) is 9.60. The van der Waals surface area contributed by atoms with E-state index in [-0.39, 0.29) is 31.5 Å². The van der Waals surface area contributed by atoms with Gasteiger partial charge < -0.3 is 21.5 Å². The van der Waals surface area contributed by atoms with E-state index >= 15 is 0 Å². The van der Waals surface area contributed by atoms with Gasteiger partial charge in [-0.15, -0.1) is 0 Å². The van der Waals surface area contributed by atoms with Crippen LogP contribution in [-0.2, 0) is 14.4 Å². The van der Waals surface area contributed by atoms with Gasteiger partial charge in [0, 0.05) is 6.10 Å². The number of carbonyl (C=O) groups excluding carboxylic acids is 3. The van der Waals surface area contributed by atoms with Crippen molar-refractivity contribution in [2.45, 2.75) is 79.8 Å². The van der Waals surface area contributed by atoms with Crippen LogP contribution in [0, 0.1) is 5.92 Å². The van der Waals surface area contributed by atoms with Crippen LogP contribution in [0.2, 0.25) is 0 Å². The van der Waals surface area contributed by atoms with Gasteiger partial charge in [0.1, 0.15) is 5.78 Å². The maximum Gasteiger partial charge on any atom is 0.239 e. The Hall–Kier alpha value is -1.47. The summed E-state index contributed by atoms with van der Waals surface area (Å²) in [5.41, 5.74) is 4.98. The maximum absolute atomic E-state index is 10.8. The highest BCUT2D eigenvalue weighted by Crippen LogP contribution is 2.22. The molecule has 2 amide bonds. The van der Waals surface area contributed by atoms with Crippen LogP contribution in [0.4, 0.5) is 0 Å². The van der Waals surface area contributed by atoms with Gasteiger partial charge in [0.05, 0.1) is 19.6 Å². The summed E-state index contributed by atoms with van der Waals surface area (Å²) in [6, 6.07) is 0. The van der Waals surface area contributed by atoms with Gasteiger partial charge in [-0.25, -0.2) is 0 Å². The Balaban J connectivity index is -0.000000338. The maximum atomic E-state index is 10.8. The van der Waals surface area contributed by atoms with Crippen LogP contribution >= 0.6 is 0 Å². The second kappa shape index (κ2) is 21.6. The van der Waals surface area contributed by atoms with Gasteiger partial charge >= 0.3 is 0 Å². The summed E-state index contributed by atoms with van der Waals surface area (Å²) in [4.78, 5) is 31.8. The Morgan fingerprint density at radius 1 is 1.00 bits per heavy atom.